The van der Waals surface area contributed by atoms with E-state index < -0.39 is 0 Å². The Morgan fingerprint density at radius 2 is 1.95 bits per heavy atom. The highest BCUT2D eigenvalue weighted by Gasteiger charge is 2.15. The lowest BCUT2D eigenvalue weighted by Crippen LogP contribution is -2.36. The molecule has 3 nitrogen and oxygen atoms in total. The molecule has 0 N–H and O–H groups in total. The average molecular weight is 292 g/mol. The van der Waals surface area contributed by atoms with Crippen LogP contribution in [0.5, 0.6) is 0 Å². The highest BCUT2D eigenvalue weighted by Crippen LogP contribution is 2.29. The van der Waals surface area contributed by atoms with Crippen molar-refractivity contribution in [3.63, 3.8) is 0 Å². The normalized spacial score (nSPS) is 15.7. The molecule has 0 unspecified atom stereocenters. The lowest BCUT2D eigenvalue weighted by molar-refractivity contribution is 0.122. The summed E-state index contributed by atoms with van der Waals surface area (Å²) in [5.41, 5.74) is 2.26. The average Bonchev–Trinajstić information content (AvgIpc) is 2.98. The molecule has 5 heteroatoms. The molecule has 2 heterocycles. The molecular formula is C14H16N2OS2. The molecule has 0 radical (unpaired) electrons. The van der Waals surface area contributed by atoms with Crippen LogP contribution in [0.25, 0.3) is 11.3 Å². The summed E-state index contributed by atoms with van der Waals surface area (Å²) in [4.78, 5) is 8.33. The zero-order chi connectivity index (χ0) is 13.1. The van der Waals surface area contributed by atoms with Crippen LogP contribution in [0.15, 0.2) is 34.5 Å². The molecule has 0 aliphatic carbocycles. The summed E-state index contributed by atoms with van der Waals surface area (Å²) in [7, 11) is 0. The fourth-order valence-electron chi connectivity index (χ4n) is 2.06. The molecule has 2 aromatic rings. The van der Waals surface area contributed by atoms with E-state index in [1.807, 2.05) is 0 Å². The van der Waals surface area contributed by atoms with Crippen molar-refractivity contribution in [3.05, 3.63) is 29.6 Å². The summed E-state index contributed by atoms with van der Waals surface area (Å²) in [6.07, 6.45) is 2.09. The van der Waals surface area contributed by atoms with Crippen LogP contribution in [-0.2, 0) is 4.74 Å². The summed E-state index contributed by atoms with van der Waals surface area (Å²) in [6, 6.07) is 8.58. The van der Waals surface area contributed by atoms with Gasteiger partial charge in [-0.05, 0) is 18.4 Å². The van der Waals surface area contributed by atoms with Crippen molar-refractivity contribution in [2.24, 2.45) is 0 Å². The predicted molar refractivity (Wildman–Crippen MR) is 82.4 cm³/mol. The van der Waals surface area contributed by atoms with Crippen molar-refractivity contribution in [2.75, 3.05) is 37.5 Å². The quantitative estimate of drug-likeness (QED) is 0.810. The summed E-state index contributed by atoms with van der Waals surface area (Å²) in [5, 5.41) is 3.24. The molecular weight excluding hydrogens is 276 g/mol. The molecule has 1 aromatic carbocycles. The van der Waals surface area contributed by atoms with Gasteiger partial charge in [0.05, 0.1) is 18.9 Å². The Kier molecular flexibility index (Phi) is 4.06. The van der Waals surface area contributed by atoms with Gasteiger partial charge >= 0.3 is 0 Å². The van der Waals surface area contributed by atoms with E-state index in [-0.39, 0.29) is 0 Å². The minimum absolute atomic E-state index is 0.803. The van der Waals surface area contributed by atoms with Gasteiger partial charge in [0.15, 0.2) is 5.13 Å². The Morgan fingerprint density at radius 3 is 2.63 bits per heavy atom. The SMILES string of the molecule is CSc1ccc(-c2csc(N3CCOCC3)n2)cc1. The summed E-state index contributed by atoms with van der Waals surface area (Å²) in [5.74, 6) is 0. The van der Waals surface area contributed by atoms with E-state index in [1.54, 1.807) is 23.1 Å². The monoisotopic (exact) mass is 292 g/mol. The van der Waals surface area contributed by atoms with Crippen molar-refractivity contribution in [2.45, 2.75) is 4.90 Å². The number of ether oxygens (including phenoxy) is 1. The Hall–Kier alpha value is -1.04. The number of aromatic nitrogens is 1. The van der Waals surface area contributed by atoms with Crippen molar-refractivity contribution >= 4 is 28.2 Å². The van der Waals surface area contributed by atoms with Crippen molar-refractivity contribution in [1.29, 1.82) is 0 Å². The maximum Gasteiger partial charge on any atom is 0.186 e. The third-order valence-corrected chi connectivity index (χ3v) is 4.80. The Labute approximate surface area is 121 Å². The van der Waals surface area contributed by atoms with Crippen LogP contribution in [0.2, 0.25) is 0 Å². The lowest BCUT2D eigenvalue weighted by Gasteiger charge is -2.26. The first-order valence-electron chi connectivity index (χ1n) is 6.29. The van der Waals surface area contributed by atoms with Gasteiger partial charge in [-0.25, -0.2) is 4.98 Å². The van der Waals surface area contributed by atoms with Gasteiger partial charge in [-0.2, -0.15) is 0 Å². The molecule has 19 heavy (non-hydrogen) atoms. The van der Waals surface area contributed by atoms with Gasteiger partial charge in [-0.3, -0.25) is 0 Å². The topological polar surface area (TPSA) is 25.4 Å². The molecule has 0 amide bonds. The largest absolute Gasteiger partial charge is 0.378 e. The van der Waals surface area contributed by atoms with E-state index in [4.69, 9.17) is 9.72 Å². The predicted octanol–water partition coefficient (Wildman–Crippen LogP) is 3.37. The van der Waals surface area contributed by atoms with Crippen LogP contribution < -0.4 is 4.90 Å². The Bertz CT molecular complexity index is 533. The van der Waals surface area contributed by atoms with Crippen LogP contribution in [0.1, 0.15) is 0 Å². The highest BCUT2D eigenvalue weighted by atomic mass is 32.2. The summed E-state index contributed by atoms with van der Waals surface area (Å²) >= 11 is 3.48. The standard InChI is InChI=1S/C14H16N2OS2/c1-18-12-4-2-11(3-5-12)13-10-19-14(15-13)16-6-8-17-9-7-16/h2-5,10H,6-9H2,1H3. The van der Waals surface area contributed by atoms with Crippen molar-refractivity contribution in [3.8, 4) is 11.3 Å². The number of nitrogens with zero attached hydrogens (tertiary/aromatic N) is 2. The number of anilines is 1. The third-order valence-electron chi connectivity index (χ3n) is 3.16. The van der Waals surface area contributed by atoms with Crippen LogP contribution >= 0.6 is 23.1 Å². The molecule has 3 rings (SSSR count). The first-order valence-corrected chi connectivity index (χ1v) is 8.40. The number of hydrogen-bond acceptors (Lipinski definition) is 5. The molecule has 1 aromatic heterocycles. The van der Waals surface area contributed by atoms with Gasteiger partial charge in [0.2, 0.25) is 0 Å². The van der Waals surface area contributed by atoms with Crippen LogP contribution in [-0.4, -0.2) is 37.5 Å². The number of rotatable bonds is 3. The minimum Gasteiger partial charge on any atom is -0.378 e. The second-order valence-corrected chi connectivity index (χ2v) is 6.06. The van der Waals surface area contributed by atoms with Crippen LogP contribution in [0, 0.1) is 0 Å². The van der Waals surface area contributed by atoms with Gasteiger partial charge < -0.3 is 9.64 Å². The smallest absolute Gasteiger partial charge is 0.186 e. The van der Waals surface area contributed by atoms with E-state index in [0.717, 1.165) is 37.1 Å². The van der Waals surface area contributed by atoms with Gasteiger partial charge in [-0.15, -0.1) is 23.1 Å². The number of benzene rings is 1. The first kappa shape index (κ1) is 13.0. The number of hydrogen-bond donors (Lipinski definition) is 0. The maximum atomic E-state index is 5.37. The van der Waals surface area contributed by atoms with E-state index >= 15 is 0 Å². The first-order chi connectivity index (χ1) is 9.36. The third kappa shape index (κ3) is 2.94. The van der Waals surface area contributed by atoms with Crippen LogP contribution in [0.3, 0.4) is 0 Å². The summed E-state index contributed by atoms with van der Waals surface area (Å²) < 4.78 is 5.37. The fraction of sp³-hybridized carbons (Fsp3) is 0.357. The molecule has 1 saturated heterocycles. The lowest BCUT2D eigenvalue weighted by atomic mass is 10.2. The second kappa shape index (κ2) is 5.94. The summed E-state index contributed by atoms with van der Waals surface area (Å²) in [6.45, 7) is 3.49. The molecule has 1 aliphatic heterocycles. The fourth-order valence-corrected chi connectivity index (χ4v) is 3.36. The molecule has 0 bridgehead atoms. The van der Waals surface area contributed by atoms with E-state index in [9.17, 15) is 0 Å². The van der Waals surface area contributed by atoms with E-state index in [0.29, 0.717) is 0 Å². The molecule has 1 aliphatic rings. The maximum absolute atomic E-state index is 5.37. The molecule has 100 valence electrons. The van der Waals surface area contributed by atoms with E-state index in [1.165, 1.54) is 10.5 Å². The Balaban J connectivity index is 1.79. The zero-order valence-corrected chi connectivity index (χ0v) is 12.5. The Morgan fingerprint density at radius 1 is 1.21 bits per heavy atom. The number of thioether (sulfide) groups is 1. The zero-order valence-electron chi connectivity index (χ0n) is 10.8. The number of morpholine rings is 1. The van der Waals surface area contributed by atoms with Crippen molar-refractivity contribution < 1.29 is 4.74 Å². The van der Waals surface area contributed by atoms with Crippen LogP contribution in [0.4, 0.5) is 5.13 Å². The van der Waals surface area contributed by atoms with Gasteiger partial charge in [0, 0.05) is 28.9 Å². The van der Waals surface area contributed by atoms with E-state index in [2.05, 4.69) is 40.8 Å². The van der Waals surface area contributed by atoms with Gasteiger partial charge in [0.25, 0.3) is 0 Å². The molecule has 0 atom stereocenters. The molecule has 0 spiro atoms. The number of thiazole rings is 1. The van der Waals surface area contributed by atoms with Crippen molar-refractivity contribution in [1.82, 2.24) is 4.98 Å². The minimum atomic E-state index is 0.803. The van der Waals surface area contributed by atoms with Gasteiger partial charge in [-0.1, -0.05) is 12.1 Å². The molecule has 1 fully saturated rings. The second-order valence-electron chi connectivity index (χ2n) is 4.34. The molecule has 0 saturated carbocycles. The highest BCUT2D eigenvalue weighted by molar-refractivity contribution is 7.98. The van der Waals surface area contributed by atoms with Gasteiger partial charge in [0.1, 0.15) is 0 Å².